The minimum absolute atomic E-state index is 0.0488. The summed E-state index contributed by atoms with van der Waals surface area (Å²) >= 11 is 0. The maximum absolute atomic E-state index is 14.0. The molecular weight excluding hydrogens is 411 g/mol. The van der Waals surface area contributed by atoms with Crippen LogP contribution >= 0.6 is 0 Å². The number of carbonyl (C=O) groups excluding carboxylic acids is 2. The van der Waals surface area contributed by atoms with Gasteiger partial charge < -0.3 is 9.64 Å². The number of hydrazone groups is 1. The van der Waals surface area contributed by atoms with Crippen LogP contribution in [0.3, 0.4) is 0 Å². The second-order valence-corrected chi connectivity index (χ2v) is 8.04. The average molecular weight is 439 g/mol. The van der Waals surface area contributed by atoms with Crippen LogP contribution in [0, 0.1) is 5.82 Å². The van der Waals surface area contributed by atoms with Gasteiger partial charge in [0.1, 0.15) is 11.6 Å². The molecular formula is C24H27FN4O3. The summed E-state index contributed by atoms with van der Waals surface area (Å²) in [5.74, 6) is 0.230. The van der Waals surface area contributed by atoms with Gasteiger partial charge in [-0.1, -0.05) is 24.3 Å². The predicted octanol–water partition coefficient (Wildman–Crippen LogP) is 2.68. The van der Waals surface area contributed by atoms with Crippen molar-refractivity contribution in [1.29, 1.82) is 0 Å². The third-order valence-electron chi connectivity index (χ3n) is 5.99. The van der Waals surface area contributed by atoms with Crippen LogP contribution in [0.2, 0.25) is 0 Å². The van der Waals surface area contributed by atoms with E-state index < -0.39 is 6.04 Å². The summed E-state index contributed by atoms with van der Waals surface area (Å²) < 4.78 is 19.4. The molecule has 168 valence electrons. The fourth-order valence-corrected chi connectivity index (χ4v) is 4.24. The maximum Gasteiger partial charge on any atom is 0.257 e. The lowest BCUT2D eigenvalue weighted by Gasteiger charge is -2.34. The Morgan fingerprint density at radius 1 is 1.09 bits per heavy atom. The van der Waals surface area contributed by atoms with E-state index in [4.69, 9.17) is 4.74 Å². The van der Waals surface area contributed by atoms with Crippen molar-refractivity contribution in [2.24, 2.45) is 5.10 Å². The van der Waals surface area contributed by atoms with Gasteiger partial charge in [-0.2, -0.15) is 5.10 Å². The molecule has 2 heterocycles. The lowest BCUT2D eigenvalue weighted by atomic mass is 9.98. The zero-order chi connectivity index (χ0) is 22.7. The van der Waals surface area contributed by atoms with E-state index in [-0.39, 0.29) is 24.2 Å². The van der Waals surface area contributed by atoms with Gasteiger partial charge in [0.2, 0.25) is 5.91 Å². The Morgan fingerprint density at radius 3 is 2.53 bits per heavy atom. The smallest absolute Gasteiger partial charge is 0.257 e. The van der Waals surface area contributed by atoms with Gasteiger partial charge in [-0.05, 0) is 29.8 Å². The van der Waals surface area contributed by atoms with Crippen molar-refractivity contribution in [2.45, 2.75) is 19.4 Å². The van der Waals surface area contributed by atoms with E-state index in [2.05, 4.69) is 5.10 Å². The molecule has 0 unspecified atom stereocenters. The third kappa shape index (κ3) is 4.65. The summed E-state index contributed by atoms with van der Waals surface area (Å²) in [5.41, 5.74) is 2.25. The number of carbonyl (C=O) groups is 2. The first-order chi connectivity index (χ1) is 15.5. The molecule has 8 heteroatoms. The van der Waals surface area contributed by atoms with E-state index in [9.17, 15) is 14.0 Å². The molecule has 32 heavy (non-hydrogen) atoms. The molecule has 4 rings (SSSR count). The molecule has 1 fully saturated rings. The Morgan fingerprint density at radius 2 is 1.84 bits per heavy atom. The van der Waals surface area contributed by atoms with Crippen molar-refractivity contribution in [3.63, 3.8) is 0 Å². The van der Waals surface area contributed by atoms with Crippen molar-refractivity contribution in [1.82, 2.24) is 14.8 Å². The standard InChI is InChI=1S/C24H27FN4O3/c1-17(30)28-12-10-27(11-13-28)16-24(31)29-22(18-6-5-7-19(25)14-18)15-21(26-29)20-8-3-4-9-23(20)32-2/h3-9,14,22H,10-13,15-16H2,1-2H3/t22-/m0/s1. The van der Waals surface area contributed by atoms with E-state index in [1.807, 2.05) is 35.2 Å². The molecule has 2 aliphatic heterocycles. The number of amides is 2. The van der Waals surface area contributed by atoms with Crippen molar-refractivity contribution < 1.29 is 18.7 Å². The van der Waals surface area contributed by atoms with Gasteiger partial charge in [-0.3, -0.25) is 14.5 Å². The van der Waals surface area contributed by atoms with Crippen LogP contribution in [-0.4, -0.2) is 72.2 Å². The van der Waals surface area contributed by atoms with E-state index in [0.29, 0.717) is 43.9 Å². The van der Waals surface area contributed by atoms with E-state index in [0.717, 1.165) is 11.3 Å². The van der Waals surface area contributed by atoms with Crippen LogP contribution in [0.4, 0.5) is 4.39 Å². The Hall–Kier alpha value is -3.26. The van der Waals surface area contributed by atoms with E-state index >= 15 is 0 Å². The van der Waals surface area contributed by atoms with Gasteiger partial charge in [0, 0.05) is 45.1 Å². The Kier molecular flexibility index (Phi) is 6.50. The fourth-order valence-electron chi connectivity index (χ4n) is 4.24. The van der Waals surface area contributed by atoms with Crippen LogP contribution in [0.1, 0.15) is 30.5 Å². The maximum atomic E-state index is 14.0. The molecule has 2 aromatic carbocycles. The van der Waals surface area contributed by atoms with Crippen LogP contribution in [-0.2, 0) is 9.59 Å². The molecule has 0 N–H and O–H groups in total. The lowest BCUT2D eigenvalue weighted by molar-refractivity contribution is -0.135. The first-order valence-corrected chi connectivity index (χ1v) is 10.7. The molecule has 2 aliphatic rings. The van der Waals surface area contributed by atoms with Crippen molar-refractivity contribution >= 4 is 17.5 Å². The minimum atomic E-state index is -0.392. The number of halogens is 1. The van der Waals surface area contributed by atoms with Crippen molar-refractivity contribution in [3.8, 4) is 5.75 Å². The number of benzene rings is 2. The normalized spacial score (nSPS) is 19.1. The summed E-state index contributed by atoms with van der Waals surface area (Å²) in [4.78, 5) is 28.7. The number of methoxy groups -OCH3 is 1. The Bertz CT molecular complexity index is 1030. The first-order valence-electron chi connectivity index (χ1n) is 10.7. The van der Waals surface area contributed by atoms with Crippen LogP contribution in [0.25, 0.3) is 0 Å². The molecule has 1 atom stereocenters. The second kappa shape index (κ2) is 9.48. The molecule has 0 bridgehead atoms. The van der Waals surface area contributed by atoms with Gasteiger partial charge in [-0.25, -0.2) is 9.40 Å². The van der Waals surface area contributed by atoms with E-state index in [1.165, 1.54) is 17.1 Å². The summed E-state index contributed by atoms with van der Waals surface area (Å²) in [6, 6.07) is 13.5. The summed E-state index contributed by atoms with van der Waals surface area (Å²) in [6.45, 7) is 4.22. The highest BCUT2D eigenvalue weighted by Gasteiger charge is 2.35. The highest BCUT2D eigenvalue weighted by atomic mass is 19.1. The van der Waals surface area contributed by atoms with Crippen molar-refractivity contribution in [2.75, 3.05) is 39.8 Å². The second-order valence-electron chi connectivity index (χ2n) is 8.04. The zero-order valence-corrected chi connectivity index (χ0v) is 18.3. The molecule has 2 aromatic rings. The predicted molar refractivity (Wildman–Crippen MR) is 119 cm³/mol. The van der Waals surface area contributed by atoms with Crippen molar-refractivity contribution in [3.05, 3.63) is 65.5 Å². The van der Waals surface area contributed by atoms with Gasteiger partial charge in [0.05, 0.1) is 25.4 Å². The number of ether oxygens (including phenoxy) is 1. The number of hydrogen-bond acceptors (Lipinski definition) is 5. The molecule has 0 aliphatic carbocycles. The van der Waals surface area contributed by atoms with Gasteiger partial charge in [0.15, 0.2) is 0 Å². The van der Waals surface area contributed by atoms with Crippen LogP contribution in [0.15, 0.2) is 53.6 Å². The van der Waals surface area contributed by atoms with E-state index in [1.54, 1.807) is 25.0 Å². The average Bonchev–Trinajstić information content (AvgIpc) is 3.25. The SMILES string of the molecule is COc1ccccc1C1=NN(C(=O)CN2CCN(C(C)=O)CC2)[C@H](c2cccc(F)c2)C1. The molecule has 0 aromatic heterocycles. The molecule has 0 spiro atoms. The topological polar surface area (TPSA) is 65.5 Å². The molecule has 0 radical (unpaired) electrons. The Balaban J connectivity index is 1.57. The van der Waals surface area contributed by atoms with Gasteiger partial charge in [0.25, 0.3) is 5.91 Å². The van der Waals surface area contributed by atoms with Gasteiger partial charge >= 0.3 is 0 Å². The minimum Gasteiger partial charge on any atom is -0.496 e. The summed E-state index contributed by atoms with van der Waals surface area (Å²) in [7, 11) is 1.60. The monoisotopic (exact) mass is 438 g/mol. The Labute approximate surface area is 187 Å². The molecule has 2 amide bonds. The number of rotatable bonds is 5. The number of piperazine rings is 1. The number of nitrogens with zero attached hydrogens (tertiary/aromatic N) is 4. The van der Waals surface area contributed by atoms with Crippen LogP contribution in [0.5, 0.6) is 5.75 Å². The van der Waals surface area contributed by atoms with Crippen LogP contribution < -0.4 is 4.74 Å². The highest BCUT2D eigenvalue weighted by Crippen LogP contribution is 2.35. The fraction of sp³-hybridized carbons (Fsp3) is 0.375. The molecule has 7 nitrogen and oxygen atoms in total. The number of hydrogen-bond donors (Lipinski definition) is 0. The van der Waals surface area contributed by atoms with Gasteiger partial charge in [-0.15, -0.1) is 0 Å². The quantitative estimate of drug-likeness (QED) is 0.720. The highest BCUT2D eigenvalue weighted by molar-refractivity contribution is 6.05. The molecule has 0 saturated carbocycles. The number of para-hydroxylation sites is 1. The third-order valence-corrected chi connectivity index (χ3v) is 5.99. The largest absolute Gasteiger partial charge is 0.496 e. The lowest BCUT2D eigenvalue weighted by Crippen LogP contribution is -2.50. The summed E-state index contributed by atoms with van der Waals surface area (Å²) in [5, 5.41) is 6.15. The summed E-state index contributed by atoms with van der Waals surface area (Å²) in [6.07, 6.45) is 0.466. The molecule has 1 saturated heterocycles. The zero-order valence-electron chi connectivity index (χ0n) is 18.3. The first kappa shape index (κ1) is 22.0.